The van der Waals surface area contributed by atoms with Crippen molar-refractivity contribution >= 4 is 5.91 Å². The molecule has 86 valence electrons. The van der Waals surface area contributed by atoms with E-state index in [1.807, 2.05) is 0 Å². The molecule has 0 bridgehead atoms. The van der Waals surface area contributed by atoms with E-state index in [0.717, 1.165) is 19.5 Å². The first kappa shape index (κ1) is 12.2. The Hall–Kier alpha value is -0.870. The molecule has 1 aliphatic heterocycles. The fourth-order valence-electron chi connectivity index (χ4n) is 1.71. The molecule has 0 aromatic rings. The lowest BCUT2D eigenvalue weighted by Gasteiger charge is -2.30. The van der Waals surface area contributed by atoms with Gasteiger partial charge in [0.25, 0.3) is 0 Å². The zero-order valence-electron chi connectivity index (χ0n) is 9.29. The minimum Gasteiger partial charge on any atom is -0.368 e. The number of hydrogen-bond acceptors (Lipinski definition) is 3. The third-order valence-electron chi connectivity index (χ3n) is 2.60. The Bertz CT molecular complexity index is 219. The zero-order chi connectivity index (χ0) is 11.1. The van der Waals surface area contributed by atoms with Gasteiger partial charge in [-0.1, -0.05) is 13.0 Å². The highest BCUT2D eigenvalue weighted by Gasteiger charge is 2.22. The van der Waals surface area contributed by atoms with Crippen LogP contribution < -0.4 is 10.6 Å². The standard InChI is InChI=1S/C11H20N2O2/c1-3-6-15-8-11(14)13-10-4-5-12-7-9(10)2/h3,9-10,12H,1,4-8H2,2H3,(H,13,14). The molecule has 1 heterocycles. The van der Waals surface area contributed by atoms with Gasteiger partial charge in [-0.15, -0.1) is 6.58 Å². The van der Waals surface area contributed by atoms with Crippen LogP contribution >= 0.6 is 0 Å². The molecule has 4 heteroatoms. The van der Waals surface area contributed by atoms with Gasteiger partial charge in [0, 0.05) is 6.04 Å². The molecule has 2 atom stereocenters. The molecular formula is C11H20N2O2. The van der Waals surface area contributed by atoms with Crippen molar-refractivity contribution in [3.8, 4) is 0 Å². The van der Waals surface area contributed by atoms with Crippen molar-refractivity contribution in [3.05, 3.63) is 12.7 Å². The van der Waals surface area contributed by atoms with Crippen LogP contribution in [0.5, 0.6) is 0 Å². The summed E-state index contributed by atoms with van der Waals surface area (Å²) < 4.78 is 5.08. The summed E-state index contributed by atoms with van der Waals surface area (Å²) in [7, 11) is 0. The first-order valence-electron chi connectivity index (χ1n) is 5.42. The van der Waals surface area contributed by atoms with E-state index in [1.54, 1.807) is 6.08 Å². The van der Waals surface area contributed by atoms with Gasteiger partial charge in [0.1, 0.15) is 6.61 Å². The molecule has 1 aliphatic rings. The van der Waals surface area contributed by atoms with E-state index in [4.69, 9.17) is 4.74 Å². The summed E-state index contributed by atoms with van der Waals surface area (Å²) in [5.74, 6) is 0.456. The number of amides is 1. The van der Waals surface area contributed by atoms with Crippen LogP contribution in [0, 0.1) is 5.92 Å². The minimum absolute atomic E-state index is 0.0319. The Morgan fingerprint density at radius 3 is 3.20 bits per heavy atom. The highest BCUT2D eigenvalue weighted by molar-refractivity contribution is 5.77. The van der Waals surface area contributed by atoms with E-state index in [1.165, 1.54) is 0 Å². The molecule has 0 aromatic carbocycles. The van der Waals surface area contributed by atoms with Gasteiger partial charge in [0.05, 0.1) is 6.61 Å². The Morgan fingerprint density at radius 1 is 1.73 bits per heavy atom. The zero-order valence-corrected chi connectivity index (χ0v) is 9.29. The molecule has 0 aromatic heterocycles. The maximum absolute atomic E-state index is 11.4. The van der Waals surface area contributed by atoms with Crippen LogP contribution in [-0.2, 0) is 9.53 Å². The van der Waals surface area contributed by atoms with Crippen LogP contribution in [0.2, 0.25) is 0 Å². The van der Waals surface area contributed by atoms with Crippen LogP contribution in [0.25, 0.3) is 0 Å². The van der Waals surface area contributed by atoms with Gasteiger partial charge in [0.2, 0.25) is 5.91 Å². The fourth-order valence-corrected chi connectivity index (χ4v) is 1.71. The highest BCUT2D eigenvalue weighted by Crippen LogP contribution is 2.09. The van der Waals surface area contributed by atoms with Gasteiger partial charge in [-0.3, -0.25) is 4.79 Å². The van der Waals surface area contributed by atoms with Crippen molar-refractivity contribution in [1.82, 2.24) is 10.6 Å². The monoisotopic (exact) mass is 212 g/mol. The third kappa shape index (κ3) is 4.44. The summed E-state index contributed by atoms with van der Waals surface area (Å²) in [4.78, 5) is 11.4. The first-order chi connectivity index (χ1) is 7.24. The van der Waals surface area contributed by atoms with Gasteiger partial charge < -0.3 is 15.4 Å². The molecule has 15 heavy (non-hydrogen) atoms. The van der Waals surface area contributed by atoms with Crippen LogP contribution in [0.15, 0.2) is 12.7 Å². The third-order valence-corrected chi connectivity index (χ3v) is 2.60. The van der Waals surface area contributed by atoms with E-state index in [2.05, 4.69) is 24.1 Å². The fraction of sp³-hybridized carbons (Fsp3) is 0.727. The summed E-state index contributed by atoms with van der Waals surface area (Å²) in [6.07, 6.45) is 2.63. The molecule has 4 nitrogen and oxygen atoms in total. The number of carbonyl (C=O) groups excluding carboxylic acids is 1. The van der Waals surface area contributed by atoms with Gasteiger partial charge in [-0.2, -0.15) is 0 Å². The maximum Gasteiger partial charge on any atom is 0.246 e. The van der Waals surface area contributed by atoms with Crippen molar-refractivity contribution in [2.24, 2.45) is 5.92 Å². The van der Waals surface area contributed by atoms with E-state index >= 15 is 0 Å². The Balaban J connectivity index is 2.20. The SMILES string of the molecule is C=CCOCC(=O)NC1CCNCC1C. The van der Waals surface area contributed by atoms with Crippen LogP contribution in [-0.4, -0.2) is 38.3 Å². The highest BCUT2D eigenvalue weighted by atomic mass is 16.5. The Kier molecular flexibility index (Phi) is 5.36. The topological polar surface area (TPSA) is 50.4 Å². The second kappa shape index (κ2) is 6.58. The molecule has 0 spiro atoms. The molecule has 1 amide bonds. The summed E-state index contributed by atoms with van der Waals surface area (Å²) in [5, 5.41) is 6.28. The Morgan fingerprint density at radius 2 is 2.53 bits per heavy atom. The number of nitrogens with one attached hydrogen (secondary N) is 2. The van der Waals surface area contributed by atoms with Crippen molar-refractivity contribution in [2.75, 3.05) is 26.3 Å². The average Bonchev–Trinajstić information content (AvgIpc) is 2.22. The van der Waals surface area contributed by atoms with Crippen molar-refractivity contribution in [3.63, 3.8) is 0 Å². The number of ether oxygens (including phenoxy) is 1. The number of rotatable bonds is 5. The Labute approximate surface area is 91.1 Å². The van der Waals surface area contributed by atoms with Gasteiger partial charge in [-0.25, -0.2) is 0 Å². The van der Waals surface area contributed by atoms with Crippen LogP contribution in [0.1, 0.15) is 13.3 Å². The molecule has 1 saturated heterocycles. The van der Waals surface area contributed by atoms with Crippen molar-refractivity contribution in [2.45, 2.75) is 19.4 Å². The van der Waals surface area contributed by atoms with Gasteiger partial charge >= 0.3 is 0 Å². The number of carbonyl (C=O) groups is 1. The number of hydrogen-bond donors (Lipinski definition) is 2. The first-order valence-corrected chi connectivity index (χ1v) is 5.42. The summed E-state index contributed by atoms with van der Waals surface area (Å²) in [5.41, 5.74) is 0. The lowest BCUT2D eigenvalue weighted by Crippen LogP contribution is -2.49. The van der Waals surface area contributed by atoms with E-state index in [9.17, 15) is 4.79 Å². The summed E-state index contributed by atoms with van der Waals surface area (Å²) in [6, 6.07) is 0.283. The maximum atomic E-state index is 11.4. The second-order valence-corrected chi connectivity index (χ2v) is 3.95. The van der Waals surface area contributed by atoms with E-state index in [-0.39, 0.29) is 18.6 Å². The molecule has 2 unspecified atom stereocenters. The predicted molar refractivity (Wildman–Crippen MR) is 59.6 cm³/mol. The molecule has 0 saturated carbocycles. The normalized spacial score (nSPS) is 25.9. The minimum atomic E-state index is -0.0319. The lowest BCUT2D eigenvalue weighted by atomic mass is 9.95. The quantitative estimate of drug-likeness (QED) is 0.509. The molecule has 2 N–H and O–H groups in total. The summed E-state index contributed by atoms with van der Waals surface area (Å²) in [6.45, 7) is 8.16. The van der Waals surface area contributed by atoms with Gasteiger partial charge in [0.15, 0.2) is 0 Å². The lowest BCUT2D eigenvalue weighted by molar-refractivity contribution is -0.126. The molecule has 0 radical (unpaired) electrons. The molecule has 1 fully saturated rings. The van der Waals surface area contributed by atoms with E-state index in [0.29, 0.717) is 12.5 Å². The van der Waals surface area contributed by atoms with Crippen molar-refractivity contribution in [1.29, 1.82) is 0 Å². The molecule has 0 aliphatic carbocycles. The molecular weight excluding hydrogens is 192 g/mol. The average molecular weight is 212 g/mol. The van der Waals surface area contributed by atoms with Crippen LogP contribution in [0.4, 0.5) is 0 Å². The van der Waals surface area contributed by atoms with E-state index < -0.39 is 0 Å². The van der Waals surface area contributed by atoms with Gasteiger partial charge in [-0.05, 0) is 25.4 Å². The summed E-state index contributed by atoms with van der Waals surface area (Å²) >= 11 is 0. The van der Waals surface area contributed by atoms with Crippen molar-refractivity contribution < 1.29 is 9.53 Å². The smallest absolute Gasteiger partial charge is 0.246 e. The molecule has 1 rings (SSSR count). The van der Waals surface area contributed by atoms with Crippen LogP contribution in [0.3, 0.4) is 0 Å². The largest absolute Gasteiger partial charge is 0.368 e. The number of piperidine rings is 1. The second-order valence-electron chi connectivity index (χ2n) is 3.95. The predicted octanol–water partition coefficient (Wildman–Crippen LogP) is 0.303.